The molecule has 0 unspecified atom stereocenters. The summed E-state index contributed by atoms with van der Waals surface area (Å²) in [5, 5.41) is 0.393. The SMILES string of the molecule is COCCN1C2=C(C(=O)CCC2)C(c2cc(Cl)c(OCc3cccc(C)c3)c(OC)c2)C2=C1CCCC2=O. The van der Waals surface area contributed by atoms with Crippen LogP contribution in [0.3, 0.4) is 0 Å². The van der Waals surface area contributed by atoms with Gasteiger partial charge in [0.15, 0.2) is 23.1 Å². The number of ketones is 2. The third-order valence-corrected chi connectivity index (χ3v) is 7.94. The summed E-state index contributed by atoms with van der Waals surface area (Å²) in [6, 6.07) is 11.8. The second-order valence-corrected chi connectivity index (χ2v) is 10.6. The van der Waals surface area contributed by atoms with Crippen LogP contribution in [0.25, 0.3) is 0 Å². The first-order chi connectivity index (χ1) is 18.4. The van der Waals surface area contributed by atoms with E-state index in [1.807, 2.05) is 37.3 Å². The van der Waals surface area contributed by atoms with E-state index in [0.29, 0.717) is 60.3 Å². The molecule has 1 heterocycles. The van der Waals surface area contributed by atoms with Crippen molar-refractivity contribution in [3.05, 3.63) is 80.7 Å². The predicted octanol–water partition coefficient (Wildman–Crippen LogP) is 6.30. The van der Waals surface area contributed by atoms with Crippen LogP contribution in [0.4, 0.5) is 0 Å². The van der Waals surface area contributed by atoms with Crippen LogP contribution < -0.4 is 9.47 Å². The standard InChI is InChI=1S/C31H34ClNO5/c1-19-7-4-8-20(15-19)18-38-31-22(32)16-21(17-27(31)37-3)28-29-23(9-5-11-25(29)34)33(13-14-36-2)24-10-6-12-26(35)30(24)28/h4,7-8,15-17,28H,5-6,9-14,18H2,1-3H3. The van der Waals surface area contributed by atoms with E-state index >= 15 is 0 Å². The Labute approximate surface area is 229 Å². The van der Waals surface area contributed by atoms with Gasteiger partial charge in [0.05, 0.1) is 18.7 Å². The van der Waals surface area contributed by atoms with Gasteiger partial charge >= 0.3 is 0 Å². The molecular weight excluding hydrogens is 502 g/mol. The van der Waals surface area contributed by atoms with Gasteiger partial charge in [0.1, 0.15) is 6.61 Å². The number of hydrogen-bond acceptors (Lipinski definition) is 6. The number of Topliss-reactive ketones (excluding diaryl/α,β-unsaturated/α-hetero) is 2. The molecule has 5 rings (SSSR count). The van der Waals surface area contributed by atoms with Gasteiger partial charge in [0.2, 0.25) is 0 Å². The highest BCUT2D eigenvalue weighted by atomic mass is 35.5. The zero-order chi connectivity index (χ0) is 26.8. The molecule has 6 nitrogen and oxygen atoms in total. The zero-order valence-electron chi connectivity index (χ0n) is 22.3. The van der Waals surface area contributed by atoms with E-state index in [-0.39, 0.29) is 11.6 Å². The van der Waals surface area contributed by atoms with E-state index in [1.165, 1.54) is 0 Å². The first-order valence-electron chi connectivity index (χ1n) is 13.3. The molecule has 0 aromatic heterocycles. The molecule has 0 spiro atoms. The Morgan fingerprint density at radius 2 is 1.63 bits per heavy atom. The van der Waals surface area contributed by atoms with Crippen LogP contribution in [-0.2, 0) is 20.9 Å². The average molecular weight is 536 g/mol. The average Bonchev–Trinajstić information content (AvgIpc) is 2.90. The predicted molar refractivity (Wildman–Crippen MR) is 147 cm³/mol. The highest BCUT2D eigenvalue weighted by molar-refractivity contribution is 6.32. The molecule has 0 bridgehead atoms. The number of ether oxygens (including phenoxy) is 3. The first kappa shape index (κ1) is 26.5. The van der Waals surface area contributed by atoms with Gasteiger partial charge in [-0.1, -0.05) is 41.4 Å². The summed E-state index contributed by atoms with van der Waals surface area (Å²) in [6.07, 6.45) is 4.17. The van der Waals surface area contributed by atoms with Crippen molar-refractivity contribution < 1.29 is 23.8 Å². The van der Waals surface area contributed by atoms with Crippen molar-refractivity contribution in [2.75, 3.05) is 27.4 Å². The summed E-state index contributed by atoms with van der Waals surface area (Å²) in [7, 11) is 3.25. The lowest BCUT2D eigenvalue weighted by molar-refractivity contribution is -0.117. The van der Waals surface area contributed by atoms with Gasteiger partial charge in [0, 0.05) is 55.0 Å². The Balaban J connectivity index is 1.59. The Kier molecular flexibility index (Phi) is 7.91. The van der Waals surface area contributed by atoms with Gasteiger partial charge in [-0.25, -0.2) is 0 Å². The normalized spacial score (nSPS) is 18.1. The molecule has 3 aliphatic rings. The maximum Gasteiger partial charge on any atom is 0.180 e. The molecule has 2 aliphatic carbocycles. The van der Waals surface area contributed by atoms with Crippen molar-refractivity contribution in [1.29, 1.82) is 0 Å². The van der Waals surface area contributed by atoms with Crippen LogP contribution in [0.1, 0.15) is 61.1 Å². The largest absolute Gasteiger partial charge is 0.493 e. The van der Waals surface area contributed by atoms with Crippen molar-refractivity contribution in [3.8, 4) is 11.5 Å². The Morgan fingerprint density at radius 1 is 0.947 bits per heavy atom. The van der Waals surface area contributed by atoms with Crippen LogP contribution in [0.15, 0.2) is 58.9 Å². The summed E-state index contributed by atoms with van der Waals surface area (Å²) in [4.78, 5) is 29.1. The maximum absolute atomic E-state index is 13.5. The summed E-state index contributed by atoms with van der Waals surface area (Å²) in [5.41, 5.74) is 6.44. The molecule has 2 aromatic carbocycles. The minimum Gasteiger partial charge on any atom is -0.493 e. The molecule has 0 radical (unpaired) electrons. The molecule has 0 N–H and O–H groups in total. The molecular formula is C31H34ClNO5. The molecule has 200 valence electrons. The number of aryl methyl sites for hydroxylation is 1. The molecule has 0 fully saturated rings. The molecule has 0 saturated heterocycles. The number of nitrogens with zero attached hydrogens (tertiary/aromatic N) is 1. The number of carbonyl (C=O) groups excluding carboxylic acids is 2. The number of carbonyl (C=O) groups is 2. The molecule has 7 heteroatoms. The van der Waals surface area contributed by atoms with E-state index in [2.05, 4.69) is 11.0 Å². The van der Waals surface area contributed by atoms with Crippen molar-refractivity contribution in [3.63, 3.8) is 0 Å². The summed E-state index contributed by atoms with van der Waals surface area (Å²) in [5.74, 6) is 0.664. The fraction of sp³-hybridized carbons (Fsp3) is 0.419. The Morgan fingerprint density at radius 3 is 2.24 bits per heavy atom. The van der Waals surface area contributed by atoms with Gasteiger partial charge in [-0.2, -0.15) is 0 Å². The number of halogens is 1. The quantitative estimate of drug-likeness (QED) is 0.395. The second-order valence-electron chi connectivity index (χ2n) is 10.2. The van der Waals surface area contributed by atoms with Crippen molar-refractivity contribution in [2.45, 2.75) is 58.0 Å². The Bertz CT molecular complexity index is 1280. The molecule has 38 heavy (non-hydrogen) atoms. The van der Waals surface area contributed by atoms with Crippen LogP contribution in [-0.4, -0.2) is 43.8 Å². The van der Waals surface area contributed by atoms with Crippen LogP contribution in [0.2, 0.25) is 5.02 Å². The third-order valence-electron chi connectivity index (χ3n) is 7.66. The fourth-order valence-corrected chi connectivity index (χ4v) is 6.28. The van der Waals surface area contributed by atoms with Gasteiger partial charge < -0.3 is 19.1 Å². The lowest BCUT2D eigenvalue weighted by Gasteiger charge is -2.44. The second kappa shape index (κ2) is 11.3. The van der Waals surface area contributed by atoms with Gasteiger partial charge in [-0.05, 0) is 55.9 Å². The minimum absolute atomic E-state index is 0.0958. The number of benzene rings is 2. The van der Waals surface area contributed by atoms with Crippen LogP contribution in [0.5, 0.6) is 11.5 Å². The number of rotatable bonds is 8. The highest BCUT2D eigenvalue weighted by Gasteiger charge is 2.43. The van der Waals surface area contributed by atoms with Crippen LogP contribution >= 0.6 is 11.6 Å². The molecule has 2 aromatic rings. The minimum atomic E-state index is -0.461. The lowest BCUT2D eigenvalue weighted by Crippen LogP contribution is -2.40. The zero-order valence-corrected chi connectivity index (χ0v) is 23.0. The monoisotopic (exact) mass is 535 g/mol. The smallest absolute Gasteiger partial charge is 0.180 e. The topological polar surface area (TPSA) is 65.1 Å². The lowest BCUT2D eigenvalue weighted by atomic mass is 9.71. The maximum atomic E-state index is 13.5. The van der Waals surface area contributed by atoms with Crippen molar-refractivity contribution in [1.82, 2.24) is 4.90 Å². The third kappa shape index (κ3) is 4.99. The van der Waals surface area contributed by atoms with Crippen molar-refractivity contribution >= 4 is 23.2 Å². The van der Waals surface area contributed by atoms with E-state index in [1.54, 1.807) is 14.2 Å². The summed E-state index contributed by atoms with van der Waals surface area (Å²) in [6.45, 7) is 3.53. The van der Waals surface area contributed by atoms with Crippen LogP contribution in [0, 0.1) is 6.92 Å². The van der Waals surface area contributed by atoms with Gasteiger partial charge in [-0.3, -0.25) is 9.59 Å². The van der Waals surface area contributed by atoms with Gasteiger partial charge in [-0.15, -0.1) is 0 Å². The summed E-state index contributed by atoms with van der Waals surface area (Å²) < 4.78 is 17.2. The molecule has 0 atom stereocenters. The molecule has 0 amide bonds. The van der Waals surface area contributed by atoms with E-state index in [9.17, 15) is 9.59 Å². The van der Waals surface area contributed by atoms with Crippen molar-refractivity contribution in [2.24, 2.45) is 0 Å². The van der Waals surface area contributed by atoms with Gasteiger partial charge in [0.25, 0.3) is 0 Å². The van der Waals surface area contributed by atoms with E-state index in [4.69, 9.17) is 25.8 Å². The Hall–Kier alpha value is -3.09. The molecule has 0 saturated carbocycles. The molecule has 1 aliphatic heterocycles. The first-order valence-corrected chi connectivity index (χ1v) is 13.7. The number of hydrogen-bond donors (Lipinski definition) is 0. The number of methoxy groups -OCH3 is 2. The fourth-order valence-electron chi connectivity index (χ4n) is 6.01. The van der Waals surface area contributed by atoms with E-state index in [0.717, 1.165) is 53.8 Å². The summed E-state index contributed by atoms with van der Waals surface area (Å²) >= 11 is 6.82. The number of allylic oxidation sites excluding steroid dienone is 4. The highest BCUT2D eigenvalue weighted by Crippen LogP contribution is 2.51. The van der Waals surface area contributed by atoms with E-state index < -0.39 is 5.92 Å².